The van der Waals surface area contributed by atoms with Gasteiger partial charge in [0.25, 0.3) is 0 Å². The molecule has 0 aliphatic carbocycles. The molecule has 0 spiro atoms. The summed E-state index contributed by atoms with van der Waals surface area (Å²) in [5, 5.41) is 13.0. The number of fused-ring (bicyclic) bond motifs is 1. The first kappa shape index (κ1) is 26.4. The first-order chi connectivity index (χ1) is 38.3. The number of benzene rings is 6. The molecule has 0 amide bonds. The van der Waals surface area contributed by atoms with Gasteiger partial charge in [0.05, 0.1) is 22.3 Å². The maximum absolute atomic E-state index is 13.0. The Morgan fingerprint density at radius 1 is 0.562 bits per heavy atom. The zero-order valence-electron chi connectivity index (χ0n) is 57.3. The fourth-order valence-electron chi connectivity index (χ4n) is 7.80. The maximum atomic E-state index is 13.0. The SMILES string of the molecule is [2H]C([2H])([2H])c1cc(-c2ccc(C(C)(C)C)cc2)ccc1-n1c(-c2cc(C(C([2H])([2H])[2H])(C([2H])([2H])[2H])C([2H])([2H])[2H])cc(C(C([2H])([2H])[2H])(C([2H])([2H])[2H])C([2H])([2H])[2H])c2O)nc2c(-c3[c-]c(-c4cc(-c5ccccc5)ccn4)cc(C(C)(C)C)c3)cccc21.[Pt]. The standard InChI is InChI=1S/C59H62N3O.Pt/c1-37-30-40(39-22-25-44(26-23-39)56(2,3)4)24-27-51(37)62-52-21-17-20-47(53(52)61-55(62)48-35-46(58(8,9)10)36-49(54(48)63)59(11,12)13)42-31-43(33-45(32-42)57(5,6)7)50-34-41(28-29-60-50)38-18-15-14-16-19-38;/h14-30,32-36,63H,1-13H3;/q-1;/i1D3,8D3,9D3,10D3,11D3,12D3,13D3;. The number of hydrogen-bond donors (Lipinski definition) is 1. The molecule has 8 aromatic rings. The maximum Gasteiger partial charge on any atom is 0.148 e. The van der Waals surface area contributed by atoms with E-state index in [1.54, 1.807) is 24.4 Å². The van der Waals surface area contributed by atoms with Gasteiger partial charge in [0.15, 0.2) is 0 Å². The van der Waals surface area contributed by atoms with Crippen LogP contribution < -0.4 is 0 Å². The van der Waals surface area contributed by atoms with Crippen molar-refractivity contribution in [3.63, 3.8) is 0 Å². The Morgan fingerprint density at radius 3 is 1.88 bits per heavy atom. The van der Waals surface area contributed by atoms with Crippen molar-refractivity contribution >= 4 is 11.0 Å². The van der Waals surface area contributed by atoms with E-state index in [0.717, 1.165) is 22.3 Å². The van der Waals surface area contributed by atoms with Crippen LogP contribution in [0.25, 0.3) is 72.7 Å². The molecule has 0 unspecified atom stereocenters. The van der Waals surface area contributed by atoms with Crippen LogP contribution in [-0.2, 0) is 42.7 Å². The number of aromatic nitrogens is 3. The molecule has 0 atom stereocenters. The van der Waals surface area contributed by atoms with E-state index in [1.165, 1.54) is 22.8 Å². The van der Waals surface area contributed by atoms with Gasteiger partial charge in [-0.3, -0.25) is 9.55 Å². The Bertz CT molecular complexity index is 3710. The topological polar surface area (TPSA) is 50.9 Å². The van der Waals surface area contributed by atoms with E-state index in [9.17, 15) is 5.11 Å². The minimum absolute atomic E-state index is 0. The van der Waals surface area contributed by atoms with Gasteiger partial charge in [-0.05, 0) is 97.8 Å². The monoisotopic (exact) mass is 1040 g/mol. The number of phenolic OH excluding ortho intramolecular Hbond substituents is 1. The second-order valence-corrected chi connectivity index (χ2v) is 18.2. The normalized spacial score (nSPS) is 18.6. The van der Waals surface area contributed by atoms with Gasteiger partial charge in [-0.1, -0.05) is 179 Å². The largest absolute Gasteiger partial charge is 0.507 e. The summed E-state index contributed by atoms with van der Waals surface area (Å²) < 4.78 is 186. The van der Waals surface area contributed by atoms with Gasteiger partial charge in [0.1, 0.15) is 11.6 Å². The molecule has 5 heteroatoms. The Balaban J connectivity index is 0.0000104. The van der Waals surface area contributed by atoms with Gasteiger partial charge in [-0.25, -0.2) is 4.98 Å². The molecule has 6 aromatic carbocycles. The quantitative estimate of drug-likeness (QED) is 0.169. The van der Waals surface area contributed by atoms with Crippen molar-refractivity contribution in [3.8, 4) is 67.5 Å². The summed E-state index contributed by atoms with van der Waals surface area (Å²) in [5.74, 6) is -2.14. The zero-order valence-corrected chi connectivity index (χ0v) is 38.6. The van der Waals surface area contributed by atoms with E-state index in [-0.39, 0.29) is 60.4 Å². The fraction of sp³-hybridized carbons (Fsp3) is 0.288. The predicted molar refractivity (Wildman–Crippen MR) is 266 cm³/mol. The van der Waals surface area contributed by atoms with E-state index in [2.05, 4.69) is 6.07 Å². The van der Waals surface area contributed by atoms with Crippen molar-refractivity contribution in [1.29, 1.82) is 0 Å². The van der Waals surface area contributed by atoms with Crippen LogP contribution in [0, 0.1) is 12.9 Å². The molecule has 2 aromatic heterocycles. The van der Waals surface area contributed by atoms with Gasteiger partial charge < -0.3 is 5.11 Å². The molecule has 8 rings (SSSR count). The average Bonchev–Trinajstić information content (AvgIpc) is 1.09. The summed E-state index contributed by atoms with van der Waals surface area (Å²) in [6, 6.07) is 38.0. The van der Waals surface area contributed by atoms with E-state index in [4.69, 9.17) is 38.8 Å². The molecule has 1 N–H and O–H groups in total. The van der Waals surface area contributed by atoms with Crippen LogP contribution in [0.15, 0.2) is 134 Å². The molecule has 0 fully saturated rings. The minimum Gasteiger partial charge on any atom is -0.507 e. The second-order valence-electron chi connectivity index (χ2n) is 18.2. The molecule has 330 valence electrons. The number of pyridine rings is 1. The van der Waals surface area contributed by atoms with Crippen molar-refractivity contribution in [3.05, 3.63) is 167 Å². The van der Waals surface area contributed by atoms with Crippen molar-refractivity contribution in [2.45, 2.75) is 111 Å². The third-order valence-corrected chi connectivity index (χ3v) is 11.4. The number of nitrogens with zero attached hydrogens (tertiary/aromatic N) is 3. The van der Waals surface area contributed by atoms with Crippen molar-refractivity contribution in [2.75, 3.05) is 0 Å². The third-order valence-electron chi connectivity index (χ3n) is 11.4. The molecule has 0 radical (unpaired) electrons. The first-order valence-electron chi connectivity index (χ1n) is 31.0. The molecule has 0 saturated carbocycles. The molecule has 0 aliphatic rings. The number of imidazole rings is 1. The van der Waals surface area contributed by atoms with E-state index >= 15 is 0 Å². The number of rotatable bonds is 6. The summed E-state index contributed by atoms with van der Waals surface area (Å²) >= 11 is 0. The van der Waals surface area contributed by atoms with E-state index in [1.807, 2.05) is 120 Å². The van der Waals surface area contributed by atoms with Gasteiger partial charge >= 0.3 is 0 Å². The summed E-state index contributed by atoms with van der Waals surface area (Å²) in [6.07, 6.45) is 1.66. The number of hydrogen-bond acceptors (Lipinski definition) is 3. The summed E-state index contributed by atoms with van der Waals surface area (Å²) in [7, 11) is 0. The van der Waals surface area contributed by atoms with Crippen LogP contribution in [0.5, 0.6) is 5.75 Å². The molecular formula is C59H62N3OPt-. The van der Waals surface area contributed by atoms with Gasteiger partial charge in [0.2, 0.25) is 0 Å². The van der Waals surface area contributed by atoms with Crippen molar-refractivity contribution in [2.24, 2.45) is 0 Å². The van der Waals surface area contributed by atoms with Crippen LogP contribution in [0.3, 0.4) is 0 Å². The average molecular weight is 1050 g/mol. The van der Waals surface area contributed by atoms with Gasteiger partial charge in [-0.2, -0.15) is 0 Å². The molecule has 4 nitrogen and oxygen atoms in total. The van der Waals surface area contributed by atoms with Crippen LogP contribution in [-0.4, -0.2) is 19.6 Å². The molecule has 0 aliphatic heterocycles. The number of aromatic hydroxyl groups is 1. The smallest absolute Gasteiger partial charge is 0.148 e. The summed E-state index contributed by atoms with van der Waals surface area (Å²) in [6.45, 7) is -16.0. The van der Waals surface area contributed by atoms with Gasteiger partial charge in [-0.15, -0.1) is 29.3 Å². The predicted octanol–water partition coefficient (Wildman–Crippen LogP) is 15.8. The fourth-order valence-corrected chi connectivity index (χ4v) is 7.80. The third kappa shape index (κ3) is 9.18. The first-order valence-corrected chi connectivity index (χ1v) is 20.5. The van der Waals surface area contributed by atoms with Crippen LogP contribution in [0.4, 0.5) is 0 Å². The number of phenols is 1. The number of para-hydroxylation sites is 1. The Labute approximate surface area is 425 Å². The minimum atomic E-state index is -4.23. The Hall–Kier alpha value is -5.57. The van der Waals surface area contributed by atoms with Crippen LogP contribution in [0.2, 0.25) is 0 Å². The van der Waals surface area contributed by atoms with Gasteiger partial charge in [0, 0.05) is 67.3 Å². The second kappa shape index (κ2) is 17.1. The summed E-state index contributed by atoms with van der Waals surface area (Å²) in [5.41, 5.74) is -7.25. The van der Waals surface area contributed by atoms with E-state index < -0.39 is 92.5 Å². The van der Waals surface area contributed by atoms with Crippen LogP contribution >= 0.6 is 0 Å². The zero-order chi connectivity index (χ0) is 62.7. The molecule has 2 heterocycles. The number of aryl methyl sites for hydroxylation is 1. The Kier molecular flexibility index (Phi) is 7.05. The van der Waals surface area contributed by atoms with E-state index in [0.29, 0.717) is 34.0 Å². The molecule has 0 bridgehead atoms. The summed E-state index contributed by atoms with van der Waals surface area (Å²) in [4.78, 5) is 9.77. The molecule has 0 saturated heterocycles. The molecular weight excluding hydrogens is 962 g/mol. The van der Waals surface area contributed by atoms with Crippen LogP contribution in [0.1, 0.15) is 139 Å². The molecule has 64 heavy (non-hydrogen) atoms. The van der Waals surface area contributed by atoms with Crippen molar-refractivity contribution < 1.29 is 55.0 Å². The van der Waals surface area contributed by atoms with Crippen molar-refractivity contribution in [1.82, 2.24) is 14.5 Å². The Morgan fingerprint density at radius 2 is 1.20 bits per heavy atom.